The van der Waals surface area contributed by atoms with Gasteiger partial charge in [0.15, 0.2) is 0 Å². The van der Waals surface area contributed by atoms with Gasteiger partial charge in [-0.1, -0.05) is 42.5 Å². The fourth-order valence-electron chi connectivity index (χ4n) is 3.99. The zero-order chi connectivity index (χ0) is 20.1. The average Bonchev–Trinajstić information content (AvgIpc) is 2.78. The number of carbonyl (C=O) groups excluding carboxylic acids is 1. The van der Waals surface area contributed by atoms with Crippen LogP contribution in [0.4, 0.5) is 4.39 Å². The van der Waals surface area contributed by atoms with Gasteiger partial charge in [0, 0.05) is 43.4 Å². The van der Waals surface area contributed by atoms with Crippen LogP contribution >= 0.6 is 0 Å². The molecule has 0 aliphatic carbocycles. The van der Waals surface area contributed by atoms with Crippen LogP contribution in [0.5, 0.6) is 0 Å². The van der Waals surface area contributed by atoms with Crippen LogP contribution in [0.1, 0.15) is 36.4 Å². The summed E-state index contributed by atoms with van der Waals surface area (Å²) >= 11 is 0. The highest BCUT2D eigenvalue weighted by Gasteiger charge is 2.28. The maximum atomic E-state index is 14.4. The molecule has 148 valence electrons. The Morgan fingerprint density at radius 2 is 1.79 bits per heavy atom. The fraction of sp³-hybridized carbons (Fsp3) is 0.292. The first-order chi connectivity index (χ1) is 14.2. The molecule has 2 heterocycles. The molecule has 1 amide bonds. The van der Waals surface area contributed by atoms with E-state index in [9.17, 15) is 9.18 Å². The molecule has 0 N–H and O–H groups in total. The average molecular weight is 389 g/mol. The number of piperidine rings is 1. The molecule has 4 nitrogen and oxygen atoms in total. The van der Waals surface area contributed by atoms with Crippen LogP contribution in [0.15, 0.2) is 67.0 Å². The van der Waals surface area contributed by atoms with Gasteiger partial charge in [-0.05, 0) is 37.0 Å². The summed E-state index contributed by atoms with van der Waals surface area (Å²) in [6.07, 6.45) is 6.31. The van der Waals surface area contributed by atoms with Gasteiger partial charge in [-0.3, -0.25) is 14.8 Å². The van der Waals surface area contributed by atoms with E-state index in [-0.39, 0.29) is 17.6 Å². The Morgan fingerprint density at radius 1 is 1.03 bits per heavy atom. The third kappa shape index (κ3) is 4.50. The van der Waals surface area contributed by atoms with Crippen LogP contribution in [-0.2, 0) is 11.2 Å². The first kappa shape index (κ1) is 19.2. The van der Waals surface area contributed by atoms with Crippen LogP contribution < -0.4 is 0 Å². The maximum absolute atomic E-state index is 14.4. The number of aromatic nitrogens is 2. The Bertz CT molecular complexity index is 977. The first-order valence-corrected chi connectivity index (χ1v) is 10.1. The van der Waals surface area contributed by atoms with Crippen LogP contribution in [0.25, 0.3) is 11.3 Å². The van der Waals surface area contributed by atoms with Crippen molar-refractivity contribution in [1.82, 2.24) is 14.9 Å². The van der Waals surface area contributed by atoms with Gasteiger partial charge in [0.1, 0.15) is 5.82 Å². The van der Waals surface area contributed by atoms with Gasteiger partial charge in [-0.25, -0.2) is 4.39 Å². The number of aryl methyl sites for hydroxylation is 1. The molecular formula is C24H24FN3O. The summed E-state index contributed by atoms with van der Waals surface area (Å²) in [5.74, 6) is -0.0801. The summed E-state index contributed by atoms with van der Waals surface area (Å²) in [4.78, 5) is 23.7. The Kier molecular flexibility index (Phi) is 5.94. The van der Waals surface area contributed by atoms with E-state index in [2.05, 4.69) is 9.97 Å². The van der Waals surface area contributed by atoms with Gasteiger partial charge < -0.3 is 4.90 Å². The topological polar surface area (TPSA) is 46.1 Å². The quantitative estimate of drug-likeness (QED) is 0.640. The second-order valence-electron chi connectivity index (χ2n) is 7.43. The molecule has 0 unspecified atom stereocenters. The molecule has 1 fully saturated rings. The molecule has 2 aromatic carbocycles. The number of nitrogens with zero attached hydrogens (tertiary/aromatic N) is 3. The van der Waals surface area contributed by atoms with Crippen LogP contribution in [0.3, 0.4) is 0 Å². The van der Waals surface area contributed by atoms with E-state index in [0.717, 1.165) is 31.5 Å². The van der Waals surface area contributed by atoms with Gasteiger partial charge >= 0.3 is 0 Å². The van der Waals surface area contributed by atoms with E-state index in [0.29, 0.717) is 24.2 Å². The fourth-order valence-corrected chi connectivity index (χ4v) is 3.99. The molecule has 1 saturated heterocycles. The van der Waals surface area contributed by atoms with E-state index >= 15 is 0 Å². The van der Waals surface area contributed by atoms with Crippen molar-refractivity contribution in [2.45, 2.75) is 31.6 Å². The molecule has 3 aromatic rings. The third-order valence-corrected chi connectivity index (χ3v) is 5.49. The minimum atomic E-state index is -0.305. The van der Waals surface area contributed by atoms with Crippen molar-refractivity contribution in [3.05, 3.63) is 84.1 Å². The summed E-state index contributed by atoms with van der Waals surface area (Å²) < 4.78 is 14.4. The highest BCUT2D eigenvalue weighted by molar-refractivity contribution is 5.76. The molecule has 1 atom stereocenters. The molecule has 0 spiro atoms. The Balaban J connectivity index is 1.49. The SMILES string of the molecule is O=C(CCc1ccccc1)N1CCC[C@@H](c2nccnc2-c2ccccc2F)C1. The number of likely N-dealkylation sites (tertiary alicyclic amines) is 1. The smallest absolute Gasteiger partial charge is 0.222 e. The van der Waals surface area contributed by atoms with Crippen molar-refractivity contribution in [2.24, 2.45) is 0 Å². The number of carbonyl (C=O) groups is 1. The molecule has 1 aliphatic rings. The van der Waals surface area contributed by atoms with Crippen LogP contribution in [0, 0.1) is 5.82 Å². The highest BCUT2D eigenvalue weighted by atomic mass is 19.1. The predicted molar refractivity (Wildman–Crippen MR) is 111 cm³/mol. The van der Waals surface area contributed by atoms with Crippen molar-refractivity contribution < 1.29 is 9.18 Å². The summed E-state index contributed by atoms with van der Waals surface area (Å²) in [6.45, 7) is 1.37. The molecule has 4 rings (SSSR count). The lowest BCUT2D eigenvalue weighted by Crippen LogP contribution is -2.39. The second kappa shape index (κ2) is 8.95. The van der Waals surface area contributed by atoms with Crippen molar-refractivity contribution in [1.29, 1.82) is 0 Å². The van der Waals surface area contributed by atoms with E-state index < -0.39 is 0 Å². The van der Waals surface area contributed by atoms with Gasteiger partial charge in [0.2, 0.25) is 5.91 Å². The standard InChI is InChI=1S/C24H24FN3O/c25-21-11-5-4-10-20(21)24-23(26-14-15-27-24)19-9-6-16-28(17-19)22(29)13-12-18-7-2-1-3-8-18/h1-5,7-8,10-11,14-15,19H,6,9,12-13,16-17H2/t19-/m1/s1. The monoisotopic (exact) mass is 389 g/mol. The number of benzene rings is 2. The van der Waals surface area contributed by atoms with E-state index in [1.165, 1.54) is 11.6 Å². The molecular weight excluding hydrogens is 365 g/mol. The highest BCUT2D eigenvalue weighted by Crippen LogP contribution is 2.33. The second-order valence-corrected chi connectivity index (χ2v) is 7.43. The van der Waals surface area contributed by atoms with Gasteiger partial charge in [-0.2, -0.15) is 0 Å². The van der Waals surface area contributed by atoms with E-state index in [1.54, 1.807) is 30.6 Å². The third-order valence-electron chi connectivity index (χ3n) is 5.49. The van der Waals surface area contributed by atoms with Crippen molar-refractivity contribution in [2.75, 3.05) is 13.1 Å². The van der Waals surface area contributed by atoms with E-state index in [1.807, 2.05) is 35.2 Å². The van der Waals surface area contributed by atoms with Crippen molar-refractivity contribution in [3.63, 3.8) is 0 Å². The predicted octanol–water partition coefficient (Wildman–Crippen LogP) is 4.62. The number of rotatable bonds is 5. The van der Waals surface area contributed by atoms with Crippen molar-refractivity contribution >= 4 is 5.91 Å². The molecule has 1 aliphatic heterocycles. The van der Waals surface area contributed by atoms with E-state index in [4.69, 9.17) is 0 Å². The summed E-state index contributed by atoms with van der Waals surface area (Å²) in [6, 6.07) is 16.7. The van der Waals surface area contributed by atoms with Crippen LogP contribution in [0.2, 0.25) is 0 Å². The number of hydrogen-bond donors (Lipinski definition) is 0. The Labute approximate surface area is 170 Å². The lowest BCUT2D eigenvalue weighted by atomic mass is 9.91. The van der Waals surface area contributed by atoms with Gasteiger partial charge in [0.05, 0.1) is 11.4 Å². The largest absolute Gasteiger partial charge is 0.342 e. The summed E-state index contributed by atoms with van der Waals surface area (Å²) in [5, 5.41) is 0. The number of hydrogen-bond acceptors (Lipinski definition) is 3. The molecule has 5 heteroatoms. The molecule has 0 saturated carbocycles. The zero-order valence-electron chi connectivity index (χ0n) is 16.3. The zero-order valence-corrected chi connectivity index (χ0v) is 16.3. The van der Waals surface area contributed by atoms with Gasteiger partial charge in [-0.15, -0.1) is 0 Å². The lowest BCUT2D eigenvalue weighted by molar-refractivity contribution is -0.132. The minimum absolute atomic E-state index is 0.0627. The number of amides is 1. The van der Waals surface area contributed by atoms with Gasteiger partial charge in [0.25, 0.3) is 0 Å². The molecule has 29 heavy (non-hydrogen) atoms. The normalized spacial score (nSPS) is 16.6. The summed E-state index contributed by atoms with van der Waals surface area (Å²) in [5.41, 5.74) is 2.99. The minimum Gasteiger partial charge on any atom is -0.342 e. The first-order valence-electron chi connectivity index (χ1n) is 10.1. The molecule has 1 aromatic heterocycles. The lowest BCUT2D eigenvalue weighted by Gasteiger charge is -2.33. The van der Waals surface area contributed by atoms with Crippen LogP contribution in [-0.4, -0.2) is 33.9 Å². The molecule has 0 bridgehead atoms. The summed E-state index contributed by atoms with van der Waals surface area (Å²) in [7, 11) is 0. The maximum Gasteiger partial charge on any atom is 0.222 e. The molecule has 0 radical (unpaired) electrons. The van der Waals surface area contributed by atoms with Crippen molar-refractivity contribution in [3.8, 4) is 11.3 Å². The number of halogens is 1. The Hall–Kier alpha value is -3.08. The Morgan fingerprint density at radius 3 is 2.62 bits per heavy atom.